The number of likely N-dealkylation sites (tertiary alicyclic amines) is 1. The fourth-order valence-corrected chi connectivity index (χ4v) is 3.31. The minimum absolute atomic E-state index is 0.00904. The van der Waals surface area contributed by atoms with Crippen LogP contribution in [0.4, 0.5) is 4.39 Å². The number of nitrogens with zero attached hydrogens (tertiary/aromatic N) is 1. The molecule has 2 aliphatic heterocycles. The molecule has 1 aromatic carbocycles. The van der Waals surface area contributed by atoms with E-state index in [1.165, 1.54) is 17.0 Å². The Morgan fingerprint density at radius 3 is 2.70 bits per heavy atom. The molecule has 27 heavy (non-hydrogen) atoms. The second-order valence-corrected chi connectivity index (χ2v) is 6.73. The number of amides is 1. The molecule has 10 heteroatoms. The third kappa shape index (κ3) is 4.10. The average molecular weight is 378 g/mol. The van der Waals surface area contributed by atoms with E-state index in [9.17, 15) is 28.9 Å². The van der Waals surface area contributed by atoms with Gasteiger partial charge in [0.1, 0.15) is 6.17 Å². The molecule has 3 rings (SSSR count). The molecule has 2 aliphatic rings. The summed E-state index contributed by atoms with van der Waals surface area (Å²) in [6, 6.07) is 2.43. The van der Waals surface area contributed by atoms with E-state index in [1.807, 2.05) is 0 Å². The van der Waals surface area contributed by atoms with Crippen LogP contribution in [0.2, 0.25) is 6.32 Å². The number of carboxylic acid groups (broad SMARTS) is 1. The van der Waals surface area contributed by atoms with Gasteiger partial charge in [-0.05, 0) is 0 Å². The van der Waals surface area contributed by atoms with Crippen LogP contribution >= 0.6 is 0 Å². The number of carbonyl (C=O) groups is 2. The number of aryl methyl sites for hydroxylation is 1. The Kier molecular flexibility index (Phi) is 5.74. The topological polar surface area (TPSA) is 116 Å². The number of halogens is 1. The predicted molar refractivity (Wildman–Crippen MR) is 92.3 cm³/mol. The number of carbonyl (C=O) groups excluding carboxylic acids is 1. The first-order valence-corrected chi connectivity index (χ1v) is 8.75. The predicted octanol–water partition coefficient (Wildman–Crippen LogP) is 0.391. The van der Waals surface area contributed by atoms with E-state index in [1.54, 1.807) is 0 Å². The van der Waals surface area contributed by atoms with Crippen molar-refractivity contribution < 1.29 is 33.6 Å². The molecule has 0 spiro atoms. The Balaban J connectivity index is 1.63. The second kappa shape index (κ2) is 8.04. The minimum atomic E-state index is -1.34. The van der Waals surface area contributed by atoms with Crippen LogP contribution in [0.5, 0.6) is 11.5 Å². The molecule has 1 amide bonds. The van der Waals surface area contributed by atoms with Crippen LogP contribution in [0.3, 0.4) is 0 Å². The van der Waals surface area contributed by atoms with Crippen molar-refractivity contribution >= 4 is 19.0 Å². The number of benzene rings is 1. The van der Waals surface area contributed by atoms with Gasteiger partial charge in [0.25, 0.3) is 0 Å². The molecule has 0 radical (unpaired) electrons. The van der Waals surface area contributed by atoms with Gasteiger partial charge in [-0.1, -0.05) is 0 Å². The zero-order chi connectivity index (χ0) is 19.6. The van der Waals surface area contributed by atoms with Crippen molar-refractivity contribution in [3.8, 4) is 11.5 Å². The van der Waals surface area contributed by atoms with Crippen LogP contribution in [0.15, 0.2) is 12.1 Å². The van der Waals surface area contributed by atoms with Crippen LogP contribution < -0.4 is 10.1 Å². The van der Waals surface area contributed by atoms with Crippen LogP contribution in [-0.4, -0.2) is 72.1 Å². The summed E-state index contributed by atoms with van der Waals surface area (Å²) in [5.74, 6) is -1.94. The van der Waals surface area contributed by atoms with Crippen molar-refractivity contribution in [2.24, 2.45) is 0 Å². The monoisotopic (exact) mass is 378 g/mol. The van der Waals surface area contributed by atoms with Gasteiger partial charge in [0, 0.05) is 13.0 Å². The van der Waals surface area contributed by atoms with Gasteiger partial charge >= 0.3 is 126 Å². The molecule has 144 valence electrons. The quantitative estimate of drug-likeness (QED) is 0.588. The van der Waals surface area contributed by atoms with Gasteiger partial charge < -0.3 is 5.32 Å². The molecule has 2 fully saturated rings. The van der Waals surface area contributed by atoms with Gasteiger partial charge in [-0.15, -0.1) is 0 Å². The molecule has 0 bridgehead atoms. The Bertz CT molecular complexity index is 755. The van der Waals surface area contributed by atoms with Gasteiger partial charge in [-0.3, -0.25) is 0 Å². The van der Waals surface area contributed by atoms with Gasteiger partial charge in [-0.25, -0.2) is 4.39 Å². The summed E-state index contributed by atoms with van der Waals surface area (Å²) < 4.78 is 29.3. The normalized spacial score (nSPS) is 22.2. The number of hydrogen-bond acceptors (Lipinski definition) is 6. The molecule has 0 aromatic heterocycles. The number of alkyl halides is 1. The summed E-state index contributed by atoms with van der Waals surface area (Å²) >= 11 is 0. The van der Waals surface area contributed by atoms with E-state index < -0.39 is 30.0 Å². The van der Waals surface area contributed by atoms with Gasteiger partial charge in [0.2, 0.25) is 0 Å². The number of rotatable bonds is 7. The van der Waals surface area contributed by atoms with Crippen molar-refractivity contribution in [1.82, 2.24) is 10.2 Å². The van der Waals surface area contributed by atoms with E-state index in [-0.39, 0.29) is 56.0 Å². The van der Waals surface area contributed by atoms with E-state index in [0.29, 0.717) is 12.7 Å². The van der Waals surface area contributed by atoms with Crippen LogP contribution in [0, 0.1) is 0 Å². The average Bonchev–Trinajstić information content (AvgIpc) is 3.02. The maximum atomic E-state index is 13.2. The maximum absolute atomic E-state index is 13.2. The molecule has 3 N–H and O–H groups in total. The van der Waals surface area contributed by atoms with Gasteiger partial charge in [-0.2, -0.15) is 0 Å². The second-order valence-electron chi connectivity index (χ2n) is 6.73. The summed E-state index contributed by atoms with van der Waals surface area (Å²) in [6.07, 6.45) is -0.881. The number of ether oxygens (including phenoxy) is 1. The molecular formula is C17H20BFN2O6. The molecule has 0 unspecified atom stereocenters. The van der Waals surface area contributed by atoms with Crippen molar-refractivity contribution in [3.05, 3.63) is 23.3 Å². The Hall–Kier alpha value is -2.49. The zero-order valence-corrected chi connectivity index (χ0v) is 14.6. The molecule has 2 atom stereocenters. The SMILES string of the molecule is O=BCCc1ccc(OC2CN(C(=O)[C@@H]3C[C@H](F)CN3)C2)c(C(=O)O)c1O. The molecule has 8 nitrogen and oxygen atoms in total. The van der Waals surface area contributed by atoms with Crippen LogP contribution in [0.1, 0.15) is 22.3 Å². The zero-order valence-electron chi connectivity index (χ0n) is 14.6. The van der Waals surface area contributed by atoms with Gasteiger partial charge in [0.05, 0.1) is 0 Å². The standard InChI is InChI=1S/C17H20BFN2O6/c19-10-5-12(20-6-10)16(23)21-7-11(8-21)27-13-2-1-9(3-4-18-26)15(22)14(13)17(24)25/h1-2,10-12,20,22H,3-8H2,(H,24,25)/t10-,12-/m0/s1. The summed E-state index contributed by atoms with van der Waals surface area (Å²) in [5.41, 5.74) is -0.00810. The number of hydrogen-bond donors (Lipinski definition) is 3. The van der Waals surface area contributed by atoms with Crippen LogP contribution in [-0.2, 0) is 15.9 Å². The Morgan fingerprint density at radius 1 is 1.37 bits per heavy atom. The van der Waals surface area contributed by atoms with E-state index >= 15 is 0 Å². The molecule has 0 saturated carbocycles. The molecular weight excluding hydrogens is 358 g/mol. The van der Waals surface area contributed by atoms with E-state index in [0.717, 1.165) is 0 Å². The van der Waals surface area contributed by atoms with Crippen molar-refractivity contribution in [2.75, 3.05) is 19.6 Å². The molecule has 2 saturated heterocycles. The number of aromatic carboxylic acids is 1. The third-order valence-electron chi connectivity index (χ3n) is 4.80. The van der Waals surface area contributed by atoms with Crippen molar-refractivity contribution in [3.63, 3.8) is 0 Å². The Labute approximate surface area is 155 Å². The molecule has 0 aliphatic carbocycles. The molecule has 1 aromatic rings. The van der Waals surface area contributed by atoms with Crippen LogP contribution in [0.25, 0.3) is 0 Å². The number of carboxylic acids is 1. The van der Waals surface area contributed by atoms with Gasteiger partial charge in [0.15, 0.2) is 0 Å². The number of phenols is 1. The fraction of sp³-hybridized carbons (Fsp3) is 0.529. The number of nitrogens with one attached hydrogen (secondary N) is 1. The first-order valence-electron chi connectivity index (χ1n) is 8.75. The van der Waals surface area contributed by atoms with Crippen molar-refractivity contribution in [2.45, 2.75) is 37.5 Å². The van der Waals surface area contributed by atoms with E-state index in [4.69, 9.17) is 4.74 Å². The fourth-order valence-electron chi connectivity index (χ4n) is 3.31. The summed E-state index contributed by atoms with van der Waals surface area (Å²) in [4.78, 5) is 25.3. The summed E-state index contributed by atoms with van der Waals surface area (Å²) in [7, 11) is 0.689. The first-order chi connectivity index (χ1) is 12.9. The number of aromatic hydroxyl groups is 1. The molecule has 2 heterocycles. The summed E-state index contributed by atoms with van der Waals surface area (Å²) in [6.45, 7) is 0.698. The van der Waals surface area contributed by atoms with E-state index in [2.05, 4.69) is 5.32 Å². The Morgan fingerprint density at radius 2 is 2.11 bits per heavy atom. The van der Waals surface area contributed by atoms with Crippen molar-refractivity contribution in [1.29, 1.82) is 0 Å². The summed E-state index contributed by atoms with van der Waals surface area (Å²) in [5, 5.41) is 22.4. The third-order valence-corrected chi connectivity index (χ3v) is 4.80. The first kappa shape index (κ1) is 19.3.